The first-order valence-corrected chi connectivity index (χ1v) is 6.81. The number of thiazole rings is 1. The number of Topliss-reactive ketones (excluding diaryl/α,β-unsaturated/α-hetero) is 1. The van der Waals surface area contributed by atoms with Crippen molar-refractivity contribution in [1.29, 1.82) is 0 Å². The number of ketones is 1. The lowest BCUT2D eigenvalue weighted by Crippen LogP contribution is -2.07. The van der Waals surface area contributed by atoms with Crippen molar-refractivity contribution < 1.29 is 14.3 Å². The summed E-state index contributed by atoms with van der Waals surface area (Å²) in [6.07, 6.45) is 0. The van der Waals surface area contributed by atoms with E-state index in [0.29, 0.717) is 16.6 Å². The van der Waals surface area contributed by atoms with Crippen molar-refractivity contribution in [2.24, 2.45) is 0 Å². The highest BCUT2D eigenvalue weighted by Crippen LogP contribution is 2.24. The second-order valence-corrected chi connectivity index (χ2v) is 5.08. The van der Waals surface area contributed by atoms with Gasteiger partial charge in [0.05, 0.1) is 7.11 Å². The van der Waals surface area contributed by atoms with Crippen molar-refractivity contribution in [2.45, 2.75) is 13.5 Å². The summed E-state index contributed by atoms with van der Waals surface area (Å²) >= 11 is 1.16. The molecule has 0 fully saturated rings. The summed E-state index contributed by atoms with van der Waals surface area (Å²) in [6.45, 7) is 1.98. The second kappa shape index (κ2) is 6.29. The molecule has 0 aliphatic heterocycles. The minimum atomic E-state index is -0.598. The van der Waals surface area contributed by atoms with E-state index >= 15 is 0 Å². The average molecular weight is 290 g/mol. The molecule has 2 aromatic rings. The third kappa shape index (κ3) is 3.21. The highest BCUT2D eigenvalue weighted by molar-refractivity contribution is 7.17. The lowest BCUT2D eigenvalue weighted by molar-refractivity contribution is 0.0591. The number of aromatic nitrogens is 1. The lowest BCUT2D eigenvalue weighted by atomic mass is 10.2. The van der Waals surface area contributed by atoms with Crippen LogP contribution in [0.15, 0.2) is 30.3 Å². The molecule has 0 bridgehead atoms. The summed E-state index contributed by atoms with van der Waals surface area (Å²) in [5.41, 5.74) is 1.16. The molecule has 1 N–H and O–H groups in total. The molecule has 104 valence electrons. The fraction of sp³-hybridized carbons (Fsp3) is 0.214. The quantitative estimate of drug-likeness (QED) is 0.677. The molecular weight excluding hydrogens is 276 g/mol. The molecule has 0 unspecified atom stereocenters. The van der Waals surface area contributed by atoms with Crippen molar-refractivity contribution in [3.05, 3.63) is 46.5 Å². The summed E-state index contributed by atoms with van der Waals surface area (Å²) in [4.78, 5) is 27.5. The van der Waals surface area contributed by atoms with Crippen LogP contribution in [0.25, 0.3) is 0 Å². The molecule has 0 aliphatic rings. The first-order chi connectivity index (χ1) is 9.61. The molecule has 0 saturated carbocycles. The fourth-order valence-corrected chi connectivity index (χ4v) is 2.49. The van der Waals surface area contributed by atoms with E-state index < -0.39 is 5.97 Å². The van der Waals surface area contributed by atoms with Gasteiger partial charge in [-0.05, 0) is 5.56 Å². The monoisotopic (exact) mass is 290 g/mol. The molecule has 0 spiro atoms. The van der Waals surface area contributed by atoms with E-state index in [9.17, 15) is 9.59 Å². The molecule has 1 aromatic heterocycles. The normalized spacial score (nSPS) is 10.1. The van der Waals surface area contributed by atoms with Crippen LogP contribution < -0.4 is 5.32 Å². The van der Waals surface area contributed by atoms with E-state index in [2.05, 4.69) is 15.0 Å². The molecule has 6 heteroatoms. The molecule has 0 radical (unpaired) electrons. The van der Waals surface area contributed by atoms with Gasteiger partial charge in [-0.15, -0.1) is 0 Å². The standard InChI is InChI=1S/C14H14N2O3S/c1-9(17)12-11(13(18)19-2)16-14(20-12)15-8-10-6-4-3-5-7-10/h3-7H,8H2,1-2H3,(H,15,16). The third-order valence-corrected chi connectivity index (χ3v) is 3.73. The molecule has 1 aromatic carbocycles. The van der Waals surface area contributed by atoms with Gasteiger partial charge in [-0.1, -0.05) is 41.7 Å². The molecular formula is C14H14N2O3S. The average Bonchev–Trinajstić information content (AvgIpc) is 2.90. The predicted octanol–water partition coefficient (Wildman–Crippen LogP) is 2.74. The number of rotatable bonds is 5. The zero-order chi connectivity index (χ0) is 14.5. The van der Waals surface area contributed by atoms with E-state index in [-0.39, 0.29) is 11.5 Å². The summed E-state index contributed by atoms with van der Waals surface area (Å²) in [5, 5.41) is 3.63. The van der Waals surface area contributed by atoms with Crippen LogP contribution in [-0.2, 0) is 11.3 Å². The Morgan fingerprint density at radius 2 is 2.00 bits per heavy atom. The predicted molar refractivity (Wildman–Crippen MR) is 77.2 cm³/mol. The van der Waals surface area contributed by atoms with Gasteiger partial charge in [-0.25, -0.2) is 9.78 Å². The van der Waals surface area contributed by atoms with E-state index in [0.717, 1.165) is 16.9 Å². The Hall–Kier alpha value is -2.21. The van der Waals surface area contributed by atoms with Gasteiger partial charge >= 0.3 is 5.97 Å². The molecule has 0 amide bonds. The Morgan fingerprint density at radius 3 is 2.60 bits per heavy atom. The minimum Gasteiger partial charge on any atom is -0.464 e. The Balaban J connectivity index is 2.17. The van der Waals surface area contributed by atoms with Gasteiger partial charge in [-0.3, -0.25) is 4.79 Å². The van der Waals surface area contributed by atoms with Gasteiger partial charge in [0.25, 0.3) is 0 Å². The number of hydrogen-bond donors (Lipinski definition) is 1. The molecule has 0 aliphatic carbocycles. The first-order valence-electron chi connectivity index (χ1n) is 5.99. The van der Waals surface area contributed by atoms with Gasteiger partial charge in [0.15, 0.2) is 16.6 Å². The number of anilines is 1. The lowest BCUT2D eigenvalue weighted by Gasteiger charge is -2.01. The first kappa shape index (κ1) is 14.2. The van der Waals surface area contributed by atoms with Crippen molar-refractivity contribution in [2.75, 3.05) is 12.4 Å². The van der Waals surface area contributed by atoms with E-state index in [4.69, 9.17) is 0 Å². The zero-order valence-electron chi connectivity index (χ0n) is 11.2. The van der Waals surface area contributed by atoms with Crippen LogP contribution >= 0.6 is 11.3 Å². The Bertz CT molecular complexity index is 623. The number of benzene rings is 1. The molecule has 0 atom stereocenters. The fourth-order valence-electron chi connectivity index (χ4n) is 1.64. The van der Waals surface area contributed by atoms with Crippen molar-refractivity contribution in [1.82, 2.24) is 4.98 Å². The number of carbonyl (C=O) groups is 2. The van der Waals surface area contributed by atoms with Gasteiger partial charge in [-0.2, -0.15) is 0 Å². The third-order valence-electron chi connectivity index (χ3n) is 2.61. The Labute approximate surface area is 120 Å². The van der Waals surface area contributed by atoms with Crippen molar-refractivity contribution in [3.63, 3.8) is 0 Å². The van der Waals surface area contributed by atoms with Gasteiger partial charge < -0.3 is 10.1 Å². The van der Waals surface area contributed by atoms with E-state index in [1.807, 2.05) is 30.3 Å². The number of nitrogens with zero attached hydrogens (tertiary/aromatic N) is 1. The van der Waals surface area contributed by atoms with Crippen LogP contribution in [0.1, 0.15) is 32.6 Å². The van der Waals surface area contributed by atoms with Gasteiger partial charge in [0, 0.05) is 13.5 Å². The number of carbonyl (C=O) groups excluding carboxylic acids is 2. The minimum absolute atomic E-state index is 0.0700. The number of methoxy groups -OCH3 is 1. The number of hydrogen-bond acceptors (Lipinski definition) is 6. The largest absolute Gasteiger partial charge is 0.464 e. The topological polar surface area (TPSA) is 68.3 Å². The molecule has 20 heavy (non-hydrogen) atoms. The highest BCUT2D eigenvalue weighted by atomic mass is 32.1. The molecule has 0 saturated heterocycles. The Kier molecular flexibility index (Phi) is 4.47. The maximum absolute atomic E-state index is 11.6. The summed E-state index contributed by atoms with van der Waals surface area (Å²) in [7, 11) is 1.27. The van der Waals surface area contributed by atoms with Gasteiger partial charge in [0.2, 0.25) is 0 Å². The maximum Gasteiger partial charge on any atom is 0.358 e. The van der Waals surface area contributed by atoms with E-state index in [1.54, 1.807) is 0 Å². The van der Waals surface area contributed by atoms with E-state index in [1.165, 1.54) is 14.0 Å². The van der Waals surface area contributed by atoms with Crippen LogP contribution in [0.5, 0.6) is 0 Å². The van der Waals surface area contributed by atoms with Crippen molar-refractivity contribution in [3.8, 4) is 0 Å². The smallest absolute Gasteiger partial charge is 0.358 e. The second-order valence-electron chi connectivity index (χ2n) is 4.08. The number of nitrogens with one attached hydrogen (secondary N) is 1. The van der Waals surface area contributed by atoms with Gasteiger partial charge in [0.1, 0.15) is 4.88 Å². The summed E-state index contributed by atoms with van der Waals surface area (Å²) in [6, 6.07) is 9.79. The molecule has 2 rings (SSSR count). The van der Waals surface area contributed by atoms with Crippen LogP contribution in [0.2, 0.25) is 0 Å². The SMILES string of the molecule is COC(=O)c1nc(NCc2ccccc2)sc1C(C)=O. The van der Waals surface area contributed by atoms with Crippen LogP contribution in [0, 0.1) is 0 Å². The van der Waals surface area contributed by atoms with Crippen LogP contribution in [0.3, 0.4) is 0 Å². The Morgan fingerprint density at radius 1 is 1.30 bits per heavy atom. The summed E-state index contributed by atoms with van der Waals surface area (Å²) < 4.78 is 4.63. The highest BCUT2D eigenvalue weighted by Gasteiger charge is 2.21. The maximum atomic E-state index is 11.6. The molecule has 5 nitrogen and oxygen atoms in total. The zero-order valence-corrected chi connectivity index (χ0v) is 12.0. The molecule has 1 heterocycles. The number of ether oxygens (including phenoxy) is 1. The van der Waals surface area contributed by atoms with Crippen molar-refractivity contribution >= 4 is 28.2 Å². The van der Waals surface area contributed by atoms with Crippen LogP contribution in [-0.4, -0.2) is 23.8 Å². The number of esters is 1. The van der Waals surface area contributed by atoms with Crippen LogP contribution in [0.4, 0.5) is 5.13 Å². The summed E-state index contributed by atoms with van der Waals surface area (Å²) in [5.74, 6) is -0.796.